The van der Waals surface area contributed by atoms with E-state index in [4.69, 9.17) is 5.11 Å². The third kappa shape index (κ3) is 1.45. The molecule has 1 N–H and O–H groups in total. The Morgan fingerprint density at radius 2 is 1.92 bits per heavy atom. The molecule has 0 heterocycles. The molecule has 0 saturated heterocycles. The van der Waals surface area contributed by atoms with Gasteiger partial charge in [-0.05, 0) is 19.8 Å². The Labute approximate surface area is 71.8 Å². The maximum Gasteiger partial charge on any atom is 0.312 e. The number of alkyl halides is 1. The first kappa shape index (κ1) is 9.49. The number of carboxylic acids is 1. The number of carbonyl (C=O) groups is 1. The lowest BCUT2D eigenvalue weighted by molar-refractivity contribution is -0.155. The minimum atomic E-state index is -1.23. The number of aliphatic carboxylic acids is 1. The summed E-state index contributed by atoms with van der Waals surface area (Å²) < 4.78 is 13.1. The van der Waals surface area contributed by atoms with E-state index in [1.165, 1.54) is 6.92 Å². The maximum atomic E-state index is 13.1. The molecule has 2 nitrogen and oxygen atoms in total. The van der Waals surface area contributed by atoms with Gasteiger partial charge in [0, 0.05) is 0 Å². The lowest BCUT2D eigenvalue weighted by Crippen LogP contribution is -2.40. The van der Waals surface area contributed by atoms with Gasteiger partial charge in [0.15, 0.2) is 0 Å². The Morgan fingerprint density at radius 3 is 2.17 bits per heavy atom. The van der Waals surface area contributed by atoms with Gasteiger partial charge in [-0.15, -0.1) is 0 Å². The minimum Gasteiger partial charge on any atom is -0.481 e. The molecule has 12 heavy (non-hydrogen) atoms. The molecule has 0 bridgehead atoms. The first-order valence-corrected chi connectivity index (χ1v) is 4.47. The molecular weight excluding hydrogens is 159 g/mol. The van der Waals surface area contributed by atoms with Gasteiger partial charge in [0.2, 0.25) is 0 Å². The van der Waals surface area contributed by atoms with Crippen molar-refractivity contribution in [2.24, 2.45) is 5.41 Å². The van der Waals surface area contributed by atoms with Gasteiger partial charge in [-0.1, -0.05) is 19.3 Å². The molecular formula is C9H15FO2. The van der Waals surface area contributed by atoms with Crippen LogP contribution in [-0.2, 0) is 4.79 Å². The van der Waals surface area contributed by atoms with Crippen molar-refractivity contribution in [3.8, 4) is 0 Å². The molecule has 1 atom stereocenters. The van der Waals surface area contributed by atoms with Crippen LogP contribution < -0.4 is 0 Å². The topological polar surface area (TPSA) is 37.3 Å². The zero-order valence-electron chi connectivity index (χ0n) is 7.35. The lowest BCUT2D eigenvalue weighted by Gasteiger charge is -2.34. The van der Waals surface area contributed by atoms with E-state index in [1.54, 1.807) is 0 Å². The molecule has 1 aliphatic rings. The van der Waals surface area contributed by atoms with E-state index in [0.29, 0.717) is 12.8 Å². The summed E-state index contributed by atoms with van der Waals surface area (Å²) >= 11 is 0. The molecule has 0 radical (unpaired) electrons. The molecule has 0 aliphatic heterocycles. The van der Waals surface area contributed by atoms with Crippen LogP contribution in [0.15, 0.2) is 0 Å². The van der Waals surface area contributed by atoms with Crippen LogP contribution in [0, 0.1) is 5.41 Å². The number of halogens is 1. The fraction of sp³-hybridized carbons (Fsp3) is 0.889. The van der Waals surface area contributed by atoms with E-state index in [1.807, 2.05) is 0 Å². The number of carboxylic acid groups (broad SMARTS) is 1. The minimum absolute atomic E-state index is 0.500. The van der Waals surface area contributed by atoms with Crippen LogP contribution in [0.2, 0.25) is 0 Å². The molecule has 0 aromatic carbocycles. The highest BCUT2D eigenvalue weighted by Gasteiger charge is 2.44. The molecule has 1 fully saturated rings. The average Bonchev–Trinajstić information content (AvgIpc) is 2.05. The number of rotatable bonds is 2. The fourth-order valence-corrected chi connectivity index (χ4v) is 1.96. The van der Waals surface area contributed by atoms with Gasteiger partial charge in [-0.25, -0.2) is 4.39 Å². The van der Waals surface area contributed by atoms with E-state index in [-0.39, 0.29) is 0 Å². The first-order chi connectivity index (χ1) is 5.59. The molecule has 1 saturated carbocycles. The summed E-state index contributed by atoms with van der Waals surface area (Å²) in [6, 6.07) is 0. The third-order valence-electron chi connectivity index (χ3n) is 2.93. The summed E-state index contributed by atoms with van der Waals surface area (Å²) in [4.78, 5) is 10.9. The van der Waals surface area contributed by atoms with Crippen molar-refractivity contribution in [3.63, 3.8) is 0 Å². The van der Waals surface area contributed by atoms with Crippen molar-refractivity contribution in [3.05, 3.63) is 0 Å². The number of hydrogen-bond acceptors (Lipinski definition) is 1. The maximum absolute atomic E-state index is 13.1. The van der Waals surface area contributed by atoms with Crippen LogP contribution in [0.3, 0.4) is 0 Å². The highest BCUT2D eigenvalue weighted by atomic mass is 19.1. The first-order valence-electron chi connectivity index (χ1n) is 4.47. The summed E-state index contributed by atoms with van der Waals surface area (Å²) in [5.74, 6) is -0.961. The summed E-state index contributed by atoms with van der Waals surface area (Å²) in [7, 11) is 0. The largest absolute Gasteiger partial charge is 0.481 e. The van der Waals surface area contributed by atoms with Crippen molar-refractivity contribution in [1.29, 1.82) is 0 Å². The second-order valence-electron chi connectivity index (χ2n) is 3.64. The van der Waals surface area contributed by atoms with Crippen molar-refractivity contribution in [2.45, 2.75) is 45.2 Å². The predicted molar refractivity (Wildman–Crippen MR) is 43.7 cm³/mol. The molecule has 0 aromatic heterocycles. The second-order valence-corrected chi connectivity index (χ2v) is 3.64. The smallest absolute Gasteiger partial charge is 0.312 e. The van der Waals surface area contributed by atoms with Crippen LogP contribution in [0.1, 0.15) is 39.0 Å². The average molecular weight is 174 g/mol. The summed E-state index contributed by atoms with van der Waals surface area (Å²) in [5, 5.41) is 8.92. The van der Waals surface area contributed by atoms with Crippen LogP contribution >= 0.6 is 0 Å². The zero-order chi connectivity index (χ0) is 9.19. The quantitative estimate of drug-likeness (QED) is 0.697. The van der Waals surface area contributed by atoms with Crippen molar-refractivity contribution in [1.82, 2.24) is 0 Å². The van der Waals surface area contributed by atoms with Gasteiger partial charge in [0.25, 0.3) is 0 Å². The van der Waals surface area contributed by atoms with Crippen molar-refractivity contribution < 1.29 is 14.3 Å². The Kier molecular flexibility index (Phi) is 2.70. The van der Waals surface area contributed by atoms with Gasteiger partial charge in [-0.3, -0.25) is 4.79 Å². The second kappa shape index (κ2) is 3.42. The van der Waals surface area contributed by atoms with E-state index in [0.717, 1.165) is 19.3 Å². The van der Waals surface area contributed by atoms with Crippen LogP contribution in [0.4, 0.5) is 4.39 Å². The monoisotopic (exact) mass is 174 g/mol. The lowest BCUT2D eigenvalue weighted by atomic mass is 9.71. The predicted octanol–water partition coefficient (Wildman–Crippen LogP) is 2.38. The molecule has 0 spiro atoms. The van der Waals surface area contributed by atoms with Gasteiger partial charge >= 0.3 is 5.97 Å². The summed E-state index contributed by atoms with van der Waals surface area (Å²) in [5.41, 5.74) is -1.07. The molecule has 1 rings (SSSR count). The van der Waals surface area contributed by atoms with Gasteiger partial charge in [0.1, 0.15) is 6.17 Å². The molecule has 70 valence electrons. The Morgan fingerprint density at radius 1 is 1.42 bits per heavy atom. The zero-order valence-corrected chi connectivity index (χ0v) is 7.35. The highest BCUT2D eigenvalue weighted by Crippen LogP contribution is 2.40. The van der Waals surface area contributed by atoms with Gasteiger partial charge in [-0.2, -0.15) is 0 Å². The third-order valence-corrected chi connectivity index (χ3v) is 2.93. The van der Waals surface area contributed by atoms with E-state index >= 15 is 0 Å². The van der Waals surface area contributed by atoms with E-state index < -0.39 is 17.6 Å². The fourth-order valence-electron chi connectivity index (χ4n) is 1.96. The molecule has 1 unspecified atom stereocenters. The Bertz CT molecular complexity index is 171. The summed E-state index contributed by atoms with van der Waals surface area (Å²) in [6.45, 7) is 1.36. The molecule has 0 amide bonds. The van der Waals surface area contributed by atoms with Crippen molar-refractivity contribution in [2.75, 3.05) is 0 Å². The molecule has 3 heteroatoms. The normalized spacial score (nSPS) is 24.8. The Balaban J connectivity index is 2.77. The highest BCUT2D eigenvalue weighted by molar-refractivity contribution is 5.75. The van der Waals surface area contributed by atoms with Crippen LogP contribution in [0.25, 0.3) is 0 Å². The molecule has 0 aromatic rings. The van der Waals surface area contributed by atoms with Gasteiger partial charge < -0.3 is 5.11 Å². The summed E-state index contributed by atoms with van der Waals surface area (Å²) in [6.07, 6.45) is 2.51. The van der Waals surface area contributed by atoms with Crippen LogP contribution in [-0.4, -0.2) is 17.2 Å². The van der Waals surface area contributed by atoms with Crippen molar-refractivity contribution >= 4 is 5.97 Å². The number of hydrogen-bond donors (Lipinski definition) is 1. The van der Waals surface area contributed by atoms with E-state index in [2.05, 4.69) is 0 Å². The van der Waals surface area contributed by atoms with Crippen LogP contribution in [0.5, 0.6) is 0 Å². The molecule has 1 aliphatic carbocycles. The Hall–Kier alpha value is -0.600. The SMILES string of the molecule is CC(F)C1(C(=O)O)CCCCC1. The van der Waals surface area contributed by atoms with E-state index in [9.17, 15) is 9.18 Å². The standard InChI is InChI=1S/C9H15FO2/c1-7(10)9(8(11)12)5-3-2-4-6-9/h7H,2-6H2,1H3,(H,11,12). The van der Waals surface area contributed by atoms with Gasteiger partial charge in [0.05, 0.1) is 5.41 Å².